The number of benzene rings is 2. The van der Waals surface area contributed by atoms with Crippen LogP contribution in [0.1, 0.15) is 17.0 Å². The summed E-state index contributed by atoms with van der Waals surface area (Å²) in [6.45, 7) is 0.0805. The van der Waals surface area contributed by atoms with Crippen LogP contribution >= 0.6 is 34.5 Å². The van der Waals surface area contributed by atoms with Gasteiger partial charge in [0.25, 0.3) is 0 Å². The number of aryl methyl sites for hydroxylation is 1. The van der Waals surface area contributed by atoms with Crippen molar-refractivity contribution in [2.45, 2.75) is 19.4 Å². The second-order valence-electron chi connectivity index (χ2n) is 4.94. The highest BCUT2D eigenvalue weighted by Gasteiger charge is 2.11. The number of nitrogens with zero attached hydrogens (tertiary/aromatic N) is 1. The van der Waals surface area contributed by atoms with Gasteiger partial charge in [0, 0.05) is 22.0 Å². The monoisotopic (exact) mass is 365 g/mol. The van der Waals surface area contributed by atoms with Crippen molar-refractivity contribution < 1.29 is 9.53 Å². The van der Waals surface area contributed by atoms with Crippen LogP contribution < -0.4 is 0 Å². The van der Waals surface area contributed by atoms with Crippen LogP contribution in [0.5, 0.6) is 0 Å². The molecule has 1 aromatic heterocycles. The average Bonchev–Trinajstić information content (AvgIpc) is 2.95. The van der Waals surface area contributed by atoms with E-state index in [1.807, 2.05) is 24.3 Å². The van der Waals surface area contributed by atoms with Crippen molar-refractivity contribution in [2.75, 3.05) is 0 Å². The number of thiazole rings is 1. The minimum absolute atomic E-state index is 0.0805. The summed E-state index contributed by atoms with van der Waals surface area (Å²) in [4.78, 5) is 16.4. The third-order valence-electron chi connectivity index (χ3n) is 3.32. The molecule has 3 nitrogen and oxygen atoms in total. The molecule has 0 fully saturated rings. The summed E-state index contributed by atoms with van der Waals surface area (Å²) in [6, 6.07) is 13.1. The van der Waals surface area contributed by atoms with E-state index in [1.54, 1.807) is 29.5 Å². The van der Waals surface area contributed by atoms with E-state index in [0.717, 1.165) is 15.2 Å². The lowest BCUT2D eigenvalue weighted by Gasteiger charge is -2.07. The van der Waals surface area contributed by atoms with E-state index in [2.05, 4.69) is 4.98 Å². The van der Waals surface area contributed by atoms with Crippen LogP contribution in [0.15, 0.2) is 42.5 Å². The Hall–Kier alpha value is -1.62. The van der Waals surface area contributed by atoms with E-state index < -0.39 is 0 Å². The van der Waals surface area contributed by atoms with Crippen molar-refractivity contribution >= 4 is 50.7 Å². The van der Waals surface area contributed by atoms with E-state index in [1.165, 1.54) is 0 Å². The maximum absolute atomic E-state index is 11.9. The highest BCUT2D eigenvalue weighted by Crippen LogP contribution is 2.25. The molecule has 0 aliphatic heterocycles. The fourth-order valence-corrected chi connectivity index (χ4v) is 3.60. The molecule has 0 unspecified atom stereocenters. The van der Waals surface area contributed by atoms with Gasteiger partial charge in [0.15, 0.2) is 0 Å². The summed E-state index contributed by atoms with van der Waals surface area (Å²) >= 11 is 13.7. The Bertz CT molecular complexity index is 794. The van der Waals surface area contributed by atoms with Crippen molar-refractivity contribution in [3.8, 4) is 0 Å². The quantitative estimate of drug-likeness (QED) is 0.577. The standard InChI is InChI=1S/C17H13Cl2NO2S/c18-12-4-3-5-13(19)11(12)10-22-17(21)9-8-16-20-14-6-1-2-7-15(14)23-16/h1-7H,8-10H2. The number of halogens is 2. The van der Waals surface area contributed by atoms with Crippen LogP contribution in [0.4, 0.5) is 0 Å². The first-order valence-corrected chi connectivity index (χ1v) is 8.63. The van der Waals surface area contributed by atoms with Gasteiger partial charge in [-0.3, -0.25) is 4.79 Å². The summed E-state index contributed by atoms with van der Waals surface area (Å²) < 4.78 is 6.38. The Morgan fingerprint density at radius 3 is 2.57 bits per heavy atom. The molecule has 118 valence electrons. The van der Waals surface area contributed by atoms with E-state index in [0.29, 0.717) is 22.0 Å². The van der Waals surface area contributed by atoms with Crippen LogP contribution in [-0.2, 0) is 22.6 Å². The molecule has 3 rings (SSSR count). The fourth-order valence-electron chi connectivity index (χ4n) is 2.13. The van der Waals surface area contributed by atoms with Crippen LogP contribution in [0.2, 0.25) is 10.0 Å². The van der Waals surface area contributed by atoms with Gasteiger partial charge in [-0.25, -0.2) is 4.98 Å². The number of hydrogen-bond donors (Lipinski definition) is 0. The molecule has 0 radical (unpaired) electrons. The predicted octanol–water partition coefficient (Wildman–Crippen LogP) is 5.28. The molecule has 23 heavy (non-hydrogen) atoms. The first kappa shape index (κ1) is 16.2. The SMILES string of the molecule is O=C(CCc1nc2ccccc2s1)OCc1c(Cl)cccc1Cl. The Kier molecular flexibility index (Phi) is 5.16. The highest BCUT2D eigenvalue weighted by molar-refractivity contribution is 7.18. The molecule has 6 heteroatoms. The van der Waals surface area contributed by atoms with Crippen molar-refractivity contribution in [3.63, 3.8) is 0 Å². The Balaban J connectivity index is 1.55. The zero-order valence-electron chi connectivity index (χ0n) is 12.1. The first-order valence-electron chi connectivity index (χ1n) is 7.06. The lowest BCUT2D eigenvalue weighted by atomic mass is 10.2. The highest BCUT2D eigenvalue weighted by atomic mass is 35.5. The number of ether oxygens (including phenoxy) is 1. The molecule has 0 atom stereocenters. The van der Waals surface area contributed by atoms with Crippen molar-refractivity contribution in [1.82, 2.24) is 4.98 Å². The molecule has 2 aromatic carbocycles. The molecule has 0 aliphatic rings. The van der Waals surface area contributed by atoms with Gasteiger partial charge in [0.05, 0.1) is 21.6 Å². The molecule has 0 aliphatic carbocycles. The third-order valence-corrected chi connectivity index (χ3v) is 5.12. The zero-order valence-corrected chi connectivity index (χ0v) is 14.4. The van der Waals surface area contributed by atoms with Crippen LogP contribution in [0.3, 0.4) is 0 Å². The molecule has 3 aromatic rings. The summed E-state index contributed by atoms with van der Waals surface area (Å²) in [5.74, 6) is -0.291. The first-order chi connectivity index (χ1) is 11.1. The van der Waals surface area contributed by atoms with Crippen molar-refractivity contribution in [2.24, 2.45) is 0 Å². The van der Waals surface area contributed by atoms with E-state index in [9.17, 15) is 4.79 Å². The van der Waals surface area contributed by atoms with Gasteiger partial charge in [-0.2, -0.15) is 0 Å². The largest absolute Gasteiger partial charge is 0.461 e. The van der Waals surface area contributed by atoms with Gasteiger partial charge >= 0.3 is 5.97 Å². The number of para-hydroxylation sites is 1. The summed E-state index contributed by atoms with van der Waals surface area (Å²) in [6.07, 6.45) is 0.844. The zero-order chi connectivity index (χ0) is 16.2. The summed E-state index contributed by atoms with van der Waals surface area (Å²) in [5.41, 5.74) is 1.59. The normalized spacial score (nSPS) is 10.9. The van der Waals surface area contributed by atoms with Gasteiger partial charge in [-0.1, -0.05) is 41.4 Å². The number of rotatable bonds is 5. The predicted molar refractivity (Wildman–Crippen MR) is 94.2 cm³/mol. The lowest BCUT2D eigenvalue weighted by Crippen LogP contribution is -2.06. The molecule has 1 heterocycles. The second-order valence-corrected chi connectivity index (χ2v) is 6.87. The maximum Gasteiger partial charge on any atom is 0.306 e. The van der Waals surface area contributed by atoms with E-state index in [-0.39, 0.29) is 19.0 Å². The Labute approximate surface area is 147 Å². The van der Waals surface area contributed by atoms with Crippen molar-refractivity contribution in [3.05, 3.63) is 63.1 Å². The number of hydrogen-bond acceptors (Lipinski definition) is 4. The van der Waals surface area contributed by atoms with Crippen LogP contribution in [0.25, 0.3) is 10.2 Å². The Morgan fingerprint density at radius 1 is 1.09 bits per heavy atom. The van der Waals surface area contributed by atoms with Crippen LogP contribution in [-0.4, -0.2) is 11.0 Å². The van der Waals surface area contributed by atoms with Crippen LogP contribution in [0, 0.1) is 0 Å². The van der Waals surface area contributed by atoms with E-state index in [4.69, 9.17) is 27.9 Å². The average molecular weight is 366 g/mol. The molecule has 0 spiro atoms. The molecular weight excluding hydrogens is 353 g/mol. The number of esters is 1. The summed E-state index contributed by atoms with van der Waals surface area (Å²) in [7, 11) is 0. The fraction of sp³-hybridized carbons (Fsp3) is 0.176. The molecular formula is C17H13Cl2NO2S. The lowest BCUT2D eigenvalue weighted by molar-refractivity contribution is -0.144. The van der Waals surface area contributed by atoms with Gasteiger partial charge in [0.2, 0.25) is 0 Å². The molecule has 0 saturated carbocycles. The number of aromatic nitrogens is 1. The molecule has 0 bridgehead atoms. The third kappa shape index (κ3) is 4.02. The molecule has 0 saturated heterocycles. The minimum Gasteiger partial charge on any atom is -0.461 e. The number of fused-ring (bicyclic) bond motifs is 1. The van der Waals surface area contributed by atoms with Gasteiger partial charge in [-0.15, -0.1) is 11.3 Å². The summed E-state index contributed by atoms with van der Waals surface area (Å²) in [5, 5.41) is 1.92. The molecule has 0 N–H and O–H groups in total. The second kappa shape index (κ2) is 7.30. The topological polar surface area (TPSA) is 39.2 Å². The number of carbonyl (C=O) groups excluding carboxylic acids is 1. The maximum atomic E-state index is 11.9. The number of carbonyl (C=O) groups is 1. The van der Waals surface area contributed by atoms with E-state index >= 15 is 0 Å². The minimum atomic E-state index is -0.291. The van der Waals surface area contributed by atoms with Crippen molar-refractivity contribution in [1.29, 1.82) is 0 Å². The molecule has 0 amide bonds. The Morgan fingerprint density at radius 2 is 1.83 bits per heavy atom. The van der Waals surface area contributed by atoms with Gasteiger partial charge < -0.3 is 4.74 Å². The van der Waals surface area contributed by atoms with Gasteiger partial charge in [0.1, 0.15) is 6.61 Å². The van der Waals surface area contributed by atoms with Gasteiger partial charge in [-0.05, 0) is 24.3 Å². The smallest absolute Gasteiger partial charge is 0.306 e.